The Bertz CT molecular complexity index is 853. The highest BCUT2D eigenvalue weighted by Crippen LogP contribution is 2.20. The molecule has 2 aromatic heterocycles. The molecule has 0 radical (unpaired) electrons. The first-order valence-corrected chi connectivity index (χ1v) is 8.98. The van der Waals surface area contributed by atoms with E-state index in [-0.39, 0.29) is 30.2 Å². The van der Waals surface area contributed by atoms with Crippen LogP contribution in [0.3, 0.4) is 0 Å². The number of carboxylic acid groups (broad SMARTS) is 1. The highest BCUT2D eigenvalue weighted by Gasteiger charge is 2.37. The highest BCUT2D eigenvalue weighted by molar-refractivity contribution is 7.07. The molecule has 1 aliphatic rings. The maximum absolute atomic E-state index is 12.6. The number of nitrogens with zero attached hydrogens (tertiary/aromatic N) is 4. The quantitative estimate of drug-likeness (QED) is 0.700. The van der Waals surface area contributed by atoms with Crippen molar-refractivity contribution in [1.82, 2.24) is 24.8 Å². The number of hydrogen-bond donors (Lipinski definition) is 2. The minimum atomic E-state index is -0.511. The van der Waals surface area contributed by atoms with Gasteiger partial charge in [0.2, 0.25) is 0 Å². The molecule has 2 amide bonds. The van der Waals surface area contributed by atoms with Crippen molar-refractivity contribution in [3.63, 3.8) is 0 Å². The van der Waals surface area contributed by atoms with Gasteiger partial charge < -0.3 is 19.9 Å². The molecule has 144 valence electrons. The number of amides is 2. The van der Waals surface area contributed by atoms with Gasteiger partial charge in [-0.2, -0.15) is 0 Å². The molecule has 0 aromatic carbocycles. The number of carbonyl (C=O) groups is 3. The number of hydrogen-bond acceptors (Lipinski definition) is 7. The van der Waals surface area contributed by atoms with Crippen LogP contribution in [0.15, 0.2) is 28.1 Å². The van der Waals surface area contributed by atoms with Crippen molar-refractivity contribution in [2.75, 3.05) is 13.1 Å². The molecular formula is C16H19N5O5S. The van der Waals surface area contributed by atoms with Gasteiger partial charge in [0.15, 0.2) is 5.69 Å². The van der Waals surface area contributed by atoms with Gasteiger partial charge in [-0.3, -0.25) is 19.2 Å². The second-order valence-corrected chi connectivity index (χ2v) is 6.44. The molecule has 10 nitrogen and oxygen atoms in total. The number of aromatic nitrogens is 3. The zero-order valence-corrected chi connectivity index (χ0v) is 15.5. The standard InChI is InChI=1S/C15H17N5O3S.CH2O2/c1-9-10(2)20(15(23)12-13(21)17-4-3-16-12)6-5-19(9)14(22)11-7-24-8-18-11;2-1-3/h3-4,7-10H,5-6H2,1-2H3,(H,17,21);1H,(H,2,3)/t9-,10-;/m1./s1. The lowest BCUT2D eigenvalue weighted by atomic mass is 10.0. The number of thiazole rings is 1. The first-order chi connectivity index (χ1) is 12.9. The molecule has 0 unspecified atom stereocenters. The average Bonchev–Trinajstić information content (AvgIpc) is 3.19. The zero-order chi connectivity index (χ0) is 20.0. The predicted molar refractivity (Wildman–Crippen MR) is 96.7 cm³/mol. The van der Waals surface area contributed by atoms with E-state index in [2.05, 4.69) is 15.0 Å². The summed E-state index contributed by atoms with van der Waals surface area (Å²) in [6, 6.07) is -0.435. The third-order valence-electron chi connectivity index (χ3n) is 4.35. The summed E-state index contributed by atoms with van der Waals surface area (Å²) in [5, 5.41) is 8.60. The normalized spacial score (nSPS) is 19.0. The summed E-state index contributed by atoms with van der Waals surface area (Å²) >= 11 is 1.37. The van der Waals surface area contributed by atoms with Crippen LogP contribution in [0.2, 0.25) is 0 Å². The highest BCUT2D eigenvalue weighted by atomic mass is 32.1. The van der Waals surface area contributed by atoms with E-state index in [0.29, 0.717) is 18.8 Å². The molecule has 0 aliphatic carbocycles. The molecule has 1 fully saturated rings. The SMILES string of the molecule is C[C@@H]1[C@@H](C)N(C(=O)c2ncc[nH]c2=O)CCN1C(=O)c1cscn1.O=CO. The Morgan fingerprint density at radius 1 is 1.22 bits per heavy atom. The van der Waals surface area contributed by atoms with Crippen molar-refractivity contribution in [2.24, 2.45) is 0 Å². The smallest absolute Gasteiger partial charge is 0.290 e. The topological polar surface area (TPSA) is 137 Å². The number of carbonyl (C=O) groups excluding carboxylic acids is 2. The predicted octanol–water partition coefficient (Wildman–Crippen LogP) is 0.302. The fourth-order valence-electron chi connectivity index (χ4n) is 2.82. The second-order valence-electron chi connectivity index (χ2n) is 5.72. The van der Waals surface area contributed by atoms with Crippen molar-refractivity contribution in [3.05, 3.63) is 45.0 Å². The molecule has 1 saturated heterocycles. The van der Waals surface area contributed by atoms with Crippen LogP contribution < -0.4 is 5.56 Å². The molecule has 2 atom stereocenters. The molecule has 3 rings (SSSR count). The monoisotopic (exact) mass is 393 g/mol. The Morgan fingerprint density at radius 2 is 1.81 bits per heavy atom. The van der Waals surface area contributed by atoms with Gasteiger partial charge in [-0.25, -0.2) is 9.97 Å². The molecule has 0 spiro atoms. The lowest BCUT2D eigenvalue weighted by Gasteiger charge is -2.44. The first kappa shape index (κ1) is 20.2. The van der Waals surface area contributed by atoms with Gasteiger partial charge in [-0.05, 0) is 13.8 Å². The molecule has 0 bridgehead atoms. The summed E-state index contributed by atoms with van der Waals surface area (Å²) in [6.45, 7) is 4.23. The van der Waals surface area contributed by atoms with E-state index in [0.717, 1.165) is 0 Å². The van der Waals surface area contributed by atoms with E-state index in [1.54, 1.807) is 20.7 Å². The van der Waals surface area contributed by atoms with Crippen LogP contribution in [-0.4, -0.2) is 73.3 Å². The Morgan fingerprint density at radius 3 is 2.33 bits per heavy atom. The average molecular weight is 393 g/mol. The maximum atomic E-state index is 12.6. The van der Waals surface area contributed by atoms with Crippen LogP contribution >= 0.6 is 11.3 Å². The Kier molecular flexibility index (Phi) is 6.77. The van der Waals surface area contributed by atoms with E-state index in [1.807, 2.05) is 13.8 Å². The summed E-state index contributed by atoms with van der Waals surface area (Å²) in [4.78, 5) is 59.0. The number of nitrogens with one attached hydrogen (secondary N) is 1. The van der Waals surface area contributed by atoms with E-state index < -0.39 is 11.5 Å². The second kappa shape index (κ2) is 9.03. The van der Waals surface area contributed by atoms with Gasteiger partial charge in [0.25, 0.3) is 23.8 Å². The lowest BCUT2D eigenvalue weighted by Crippen LogP contribution is -2.60. The minimum absolute atomic E-state index is 0.129. The third-order valence-corrected chi connectivity index (χ3v) is 4.93. The molecule has 27 heavy (non-hydrogen) atoms. The summed E-state index contributed by atoms with van der Waals surface area (Å²) < 4.78 is 0. The van der Waals surface area contributed by atoms with E-state index in [9.17, 15) is 14.4 Å². The largest absolute Gasteiger partial charge is 0.483 e. The van der Waals surface area contributed by atoms with Gasteiger partial charge in [0, 0.05) is 42.9 Å². The molecule has 3 heterocycles. The molecule has 2 aromatic rings. The van der Waals surface area contributed by atoms with E-state index >= 15 is 0 Å². The van der Waals surface area contributed by atoms with Crippen molar-refractivity contribution in [3.8, 4) is 0 Å². The van der Waals surface area contributed by atoms with E-state index in [1.165, 1.54) is 23.7 Å². The van der Waals surface area contributed by atoms with Crippen LogP contribution in [0.25, 0.3) is 0 Å². The number of H-pyrrole nitrogens is 1. The van der Waals surface area contributed by atoms with Crippen molar-refractivity contribution >= 4 is 29.6 Å². The number of piperazine rings is 1. The molecule has 11 heteroatoms. The molecule has 0 saturated carbocycles. The van der Waals surface area contributed by atoms with Gasteiger partial charge >= 0.3 is 0 Å². The Balaban J connectivity index is 0.000000817. The summed E-state index contributed by atoms with van der Waals surface area (Å²) in [6.07, 6.45) is 2.76. The molecular weight excluding hydrogens is 374 g/mol. The van der Waals surface area contributed by atoms with Crippen molar-refractivity contribution in [1.29, 1.82) is 0 Å². The maximum Gasteiger partial charge on any atom is 0.290 e. The summed E-state index contributed by atoms with van der Waals surface area (Å²) in [5.41, 5.74) is 1.40. The fourth-order valence-corrected chi connectivity index (χ4v) is 3.35. The zero-order valence-electron chi connectivity index (χ0n) is 14.7. The van der Waals surface area contributed by atoms with Gasteiger partial charge in [-0.1, -0.05) is 0 Å². The van der Waals surface area contributed by atoms with Crippen LogP contribution in [0.5, 0.6) is 0 Å². The molecule has 1 aliphatic heterocycles. The lowest BCUT2D eigenvalue weighted by molar-refractivity contribution is -0.122. The first-order valence-electron chi connectivity index (χ1n) is 8.04. The van der Waals surface area contributed by atoms with Crippen molar-refractivity contribution < 1.29 is 19.5 Å². The van der Waals surface area contributed by atoms with Gasteiger partial charge in [-0.15, -0.1) is 11.3 Å². The van der Waals surface area contributed by atoms with Crippen LogP contribution in [-0.2, 0) is 4.79 Å². The minimum Gasteiger partial charge on any atom is -0.483 e. The summed E-state index contributed by atoms with van der Waals surface area (Å²) in [5.74, 6) is -0.560. The third kappa shape index (κ3) is 4.37. The fraction of sp³-hybridized carbons (Fsp3) is 0.375. The summed E-state index contributed by atoms with van der Waals surface area (Å²) in [7, 11) is 0. The number of aromatic amines is 1. The van der Waals surface area contributed by atoms with Crippen molar-refractivity contribution in [2.45, 2.75) is 25.9 Å². The van der Waals surface area contributed by atoms with Gasteiger partial charge in [0.1, 0.15) is 5.69 Å². The van der Waals surface area contributed by atoms with Gasteiger partial charge in [0.05, 0.1) is 5.51 Å². The van der Waals surface area contributed by atoms with Crippen LogP contribution in [0, 0.1) is 0 Å². The van der Waals surface area contributed by atoms with E-state index in [4.69, 9.17) is 9.90 Å². The Labute approximate surface area is 158 Å². The Hall–Kier alpha value is -3.08. The van der Waals surface area contributed by atoms with Crippen LogP contribution in [0.4, 0.5) is 0 Å². The number of rotatable bonds is 2. The molecule has 2 N–H and O–H groups in total. The van der Waals surface area contributed by atoms with Crippen LogP contribution in [0.1, 0.15) is 34.8 Å².